The molecule has 0 aliphatic heterocycles. The Morgan fingerprint density at radius 3 is 3.00 bits per heavy atom. The standard InChI is InChI=1S/C8H11N5O/c1-5(14)7(9)8-12-11-6-2-3-10-4-13(6)8/h2-5,7,14H,9H2,1H3. The molecule has 6 heteroatoms. The van der Waals surface area contributed by atoms with Crippen LogP contribution in [0.25, 0.3) is 5.65 Å². The molecule has 14 heavy (non-hydrogen) atoms. The van der Waals surface area contributed by atoms with E-state index in [4.69, 9.17) is 5.73 Å². The SMILES string of the molecule is CC(O)C(N)c1nnc2ccncn12. The molecule has 2 unspecified atom stereocenters. The first-order valence-corrected chi connectivity index (χ1v) is 4.28. The lowest BCUT2D eigenvalue weighted by atomic mass is 10.2. The van der Waals surface area contributed by atoms with Gasteiger partial charge in [-0.05, 0) is 6.92 Å². The van der Waals surface area contributed by atoms with E-state index in [1.165, 1.54) is 0 Å². The van der Waals surface area contributed by atoms with Crippen LogP contribution in [-0.4, -0.2) is 30.8 Å². The molecule has 2 atom stereocenters. The van der Waals surface area contributed by atoms with Crippen LogP contribution in [0.5, 0.6) is 0 Å². The van der Waals surface area contributed by atoms with Crippen molar-refractivity contribution in [2.75, 3.05) is 0 Å². The van der Waals surface area contributed by atoms with Crippen LogP contribution < -0.4 is 5.73 Å². The third kappa shape index (κ3) is 1.34. The molecule has 0 saturated carbocycles. The highest BCUT2D eigenvalue weighted by Crippen LogP contribution is 2.12. The Bertz CT molecular complexity index is 438. The fourth-order valence-corrected chi connectivity index (χ4v) is 1.21. The fraction of sp³-hybridized carbons (Fsp3) is 0.375. The zero-order chi connectivity index (χ0) is 10.1. The van der Waals surface area contributed by atoms with Crippen molar-refractivity contribution in [3.63, 3.8) is 0 Å². The van der Waals surface area contributed by atoms with Crippen LogP contribution in [0.15, 0.2) is 18.6 Å². The number of rotatable bonds is 2. The minimum Gasteiger partial charge on any atom is -0.391 e. The number of hydrogen-bond donors (Lipinski definition) is 2. The lowest BCUT2D eigenvalue weighted by Gasteiger charge is -2.11. The molecule has 6 nitrogen and oxygen atoms in total. The zero-order valence-corrected chi connectivity index (χ0v) is 7.70. The van der Waals surface area contributed by atoms with Gasteiger partial charge in [0.25, 0.3) is 0 Å². The number of hydrogen-bond acceptors (Lipinski definition) is 5. The summed E-state index contributed by atoms with van der Waals surface area (Å²) >= 11 is 0. The molecular weight excluding hydrogens is 182 g/mol. The van der Waals surface area contributed by atoms with Crippen molar-refractivity contribution in [2.45, 2.75) is 19.1 Å². The second-order valence-corrected chi connectivity index (χ2v) is 3.13. The van der Waals surface area contributed by atoms with E-state index in [0.29, 0.717) is 11.5 Å². The van der Waals surface area contributed by atoms with Gasteiger partial charge < -0.3 is 10.8 Å². The Kier molecular flexibility index (Phi) is 2.14. The molecule has 0 aromatic carbocycles. The van der Waals surface area contributed by atoms with E-state index in [-0.39, 0.29) is 0 Å². The van der Waals surface area contributed by atoms with Gasteiger partial charge in [-0.1, -0.05) is 0 Å². The summed E-state index contributed by atoms with van der Waals surface area (Å²) in [6.45, 7) is 1.61. The van der Waals surface area contributed by atoms with Crippen LogP contribution in [0.1, 0.15) is 18.8 Å². The maximum atomic E-state index is 9.33. The zero-order valence-electron chi connectivity index (χ0n) is 7.70. The third-order valence-electron chi connectivity index (χ3n) is 2.06. The summed E-state index contributed by atoms with van der Waals surface area (Å²) in [4.78, 5) is 3.93. The molecule has 0 spiro atoms. The first kappa shape index (κ1) is 9.04. The largest absolute Gasteiger partial charge is 0.391 e. The molecule has 2 heterocycles. The number of aromatic nitrogens is 4. The molecule has 0 amide bonds. The Hall–Kier alpha value is -1.53. The normalized spacial score (nSPS) is 15.6. The molecule has 0 radical (unpaired) electrons. The van der Waals surface area contributed by atoms with Gasteiger partial charge in [-0.2, -0.15) is 0 Å². The average Bonchev–Trinajstić information content (AvgIpc) is 2.60. The number of fused-ring (bicyclic) bond motifs is 1. The first-order valence-electron chi connectivity index (χ1n) is 4.28. The molecule has 2 rings (SSSR count). The molecule has 2 aromatic rings. The van der Waals surface area contributed by atoms with E-state index in [1.807, 2.05) is 0 Å². The minimum absolute atomic E-state index is 0.517. The second kappa shape index (κ2) is 3.32. The summed E-state index contributed by atoms with van der Waals surface area (Å²) in [5.74, 6) is 0.517. The topological polar surface area (TPSA) is 89.3 Å². The van der Waals surface area contributed by atoms with Crippen molar-refractivity contribution in [3.05, 3.63) is 24.4 Å². The summed E-state index contributed by atoms with van der Waals surface area (Å²) in [5.41, 5.74) is 6.42. The average molecular weight is 193 g/mol. The molecule has 0 bridgehead atoms. The highest BCUT2D eigenvalue weighted by atomic mass is 16.3. The van der Waals surface area contributed by atoms with Crippen molar-refractivity contribution in [1.29, 1.82) is 0 Å². The summed E-state index contributed by atoms with van der Waals surface area (Å²) in [5, 5.41) is 17.1. The van der Waals surface area contributed by atoms with Crippen molar-refractivity contribution in [3.8, 4) is 0 Å². The highest BCUT2D eigenvalue weighted by molar-refractivity contribution is 5.35. The number of aliphatic hydroxyl groups is 1. The van der Waals surface area contributed by atoms with E-state index in [9.17, 15) is 5.11 Å². The lowest BCUT2D eigenvalue weighted by Crippen LogP contribution is -2.25. The van der Waals surface area contributed by atoms with E-state index < -0.39 is 12.1 Å². The van der Waals surface area contributed by atoms with Crippen molar-refractivity contribution < 1.29 is 5.11 Å². The van der Waals surface area contributed by atoms with Gasteiger partial charge in [0, 0.05) is 12.3 Å². The van der Waals surface area contributed by atoms with Gasteiger partial charge in [0.1, 0.15) is 6.33 Å². The number of nitrogens with two attached hydrogens (primary N) is 1. The van der Waals surface area contributed by atoms with Gasteiger partial charge in [0.2, 0.25) is 0 Å². The van der Waals surface area contributed by atoms with Crippen molar-refractivity contribution in [2.24, 2.45) is 5.73 Å². The summed E-state index contributed by atoms with van der Waals surface area (Å²) in [7, 11) is 0. The maximum absolute atomic E-state index is 9.33. The van der Waals surface area contributed by atoms with Gasteiger partial charge in [0.15, 0.2) is 11.5 Å². The molecule has 0 aliphatic carbocycles. The Balaban J connectivity index is 2.53. The molecule has 0 fully saturated rings. The van der Waals surface area contributed by atoms with Crippen LogP contribution in [0.4, 0.5) is 0 Å². The van der Waals surface area contributed by atoms with Gasteiger partial charge in [-0.3, -0.25) is 4.40 Å². The Morgan fingerprint density at radius 1 is 1.50 bits per heavy atom. The van der Waals surface area contributed by atoms with E-state index in [0.717, 1.165) is 0 Å². The molecule has 3 N–H and O–H groups in total. The summed E-state index contributed by atoms with van der Waals surface area (Å²) in [6.07, 6.45) is 2.54. The predicted octanol–water partition coefficient (Wildman–Crippen LogP) is -0.495. The molecule has 74 valence electrons. The lowest BCUT2D eigenvalue weighted by molar-refractivity contribution is 0.160. The smallest absolute Gasteiger partial charge is 0.163 e. The van der Waals surface area contributed by atoms with Crippen LogP contribution in [0.2, 0.25) is 0 Å². The van der Waals surface area contributed by atoms with E-state index in [1.54, 1.807) is 29.9 Å². The van der Waals surface area contributed by atoms with Crippen molar-refractivity contribution >= 4 is 5.65 Å². The third-order valence-corrected chi connectivity index (χ3v) is 2.06. The Morgan fingerprint density at radius 2 is 2.29 bits per heavy atom. The molecule has 0 saturated heterocycles. The highest BCUT2D eigenvalue weighted by Gasteiger charge is 2.18. The minimum atomic E-state index is -0.664. The van der Waals surface area contributed by atoms with Gasteiger partial charge >= 0.3 is 0 Å². The quantitative estimate of drug-likeness (QED) is 0.671. The predicted molar refractivity (Wildman–Crippen MR) is 49.4 cm³/mol. The monoisotopic (exact) mass is 193 g/mol. The van der Waals surface area contributed by atoms with Gasteiger partial charge in [0.05, 0.1) is 12.1 Å². The summed E-state index contributed by atoms with van der Waals surface area (Å²) < 4.78 is 1.66. The number of aliphatic hydroxyl groups excluding tert-OH is 1. The fourth-order valence-electron chi connectivity index (χ4n) is 1.21. The van der Waals surface area contributed by atoms with Crippen LogP contribution in [0, 0.1) is 0 Å². The Labute approximate surface area is 80.4 Å². The van der Waals surface area contributed by atoms with Crippen molar-refractivity contribution in [1.82, 2.24) is 19.6 Å². The van der Waals surface area contributed by atoms with E-state index >= 15 is 0 Å². The first-order chi connectivity index (χ1) is 6.70. The van der Waals surface area contributed by atoms with Crippen LogP contribution in [0.3, 0.4) is 0 Å². The molecule has 2 aromatic heterocycles. The van der Waals surface area contributed by atoms with Crippen LogP contribution >= 0.6 is 0 Å². The number of nitrogens with zero attached hydrogens (tertiary/aromatic N) is 4. The van der Waals surface area contributed by atoms with Gasteiger partial charge in [-0.15, -0.1) is 10.2 Å². The molecule has 0 aliphatic rings. The second-order valence-electron chi connectivity index (χ2n) is 3.13. The van der Waals surface area contributed by atoms with Gasteiger partial charge in [-0.25, -0.2) is 4.98 Å². The molecular formula is C8H11N5O. The van der Waals surface area contributed by atoms with E-state index in [2.05, 4.69) is 15.2 Å². The summed E-state index contributed by atoms with van der Waals surface area (Å²) in [6, 6.07) is 1.18. The maximum Gasteiger partial charge on any atom is 0.163 e. The van der Waals surface area contributed by atoms with Crippen LogP contribution in [-0.2, 0) is 0 Å².